The largest absolute Gasteiger partial charge is 0.393 e. The van der Waals surface area contributed by atoms with Crippen molar-refractivity contribution >= 4 is 5.69 Å². The predicted molar refractivity (Wildman–Crippen MR) is 66.9 cm³/mol. The van der Waals surface area contributed by atoms with Gasteiger partial charge in [0, 0.05) is 17.6 Å². The molecule has 4 heteroatoms. The quantitative estimate of drug-likeness (QED) is 0.842. The van der Waals surface area contributed by atoms with Gasteiger partial charge in [-0.2, -0.15) is 0 Å². The van der Waals surface area contributed by atoms with E-state index >= 15 is 0 Å². The molecule has 0 spiro atoms. The zero-order valence-corrected chi connectivity index (χ0v) is 10.2. The fourth-order valence-corrected chi connectivity index (χ4v) is 3.49. The van der Waals surface area contributed by atoms with Crippen molar-refractivity contribution in [3.8, 4) is 0 Å². The molecule has 0 saturated carbocycles. The monoisotopic (exact) mass is 251 g/mol. The minimum absolute atomic E-state index is 0.147. The van der Waals surface area contributed by atoms with Crippen LogP contribution in [0.3, 0.4) is 0 Å². The summed E-state index contributed by atoms with van der Waals surface area (Å²) in [5.74, 6) is -0.269. The first-order valence-corrected chi connectivity index (χ1v) is 6.55. The van der Waals surface area contributed by atoms with Gasteiger partial charge in [0.2, 0.25) is 0 Å². The van der Waals surface area contributed by atoms with Gasteiger partial charge in [-0.1, -0.05) is 12.1 Å². The SMILES string of the molecule is OCc1cccc(F)c1N1C2CCC1CC(O)C2. The van der Waals surface area contributed by atoms with Crippen molar-refractivity contribution in [1.29, 1.82) is 0 Å². The molecule has 2 atom stereocenters. The first-order valence-electron chi connectivity index (χ1n) is 6.55. The maximum Gasteiger partial charge on any atom is 0.146 e. The van der Waals surface area contributed by atoms with Gasteiger partial charge >= 0.3 is 0 Å². The molecule has 0 amide bonds. The highest BCUT2D eigenvalue weighted by Gasteiger charge is 2.41. The summed E-state index contributed by atoms with van der Waals surface area (Å²) in [4.78, 5) is 2.09. The number of benzene rings is 1. The van der Waals surface area contributed by atoms with Crippen LogP contribution in [-0.2, 0) is 6.61 Å². The van der Waals surface area contributed by atoms with Crippen LogP contribution in [0.2, 0.25) is 0 Å². The minimum atomic E-state index is -0.269. The average molecular weight is 251 g/mol. The number of anilines is 1. The standard InChI is InChI=1S/C14H18FNO2/c15-13-3-1-2-9(8-17)14(13)16-10-4-5-11(16)7-12(18)6-10/h1-3,10-12,17-18H,4-8H2. The van der Waals surface area contributed by atoms with E-state index in [9.17, 15) is 14.6 Å². The van der Waals surface area contributed by atoms with Crippen LogP contribution < -0.4 is 4.90 Å². The second-order valence-electron chi connectivity index (χ2n) is 5.32. The van der Waals surface area contributed by atoms with E-state index in [1.165, 1.54) is 6.07 Å². The second kappa shape index (κ2) is 4.52. The van der Waals surface area contributed by atoms with E-state index < -0.39 is 0 Å². The lowest BCUT2D eigenvalue weighted by Gasteiger charge is -2.40. The number of hydrogen-bond donors (Lipinski definition) is 2. The molecule has 0 radical (unpaired) electrons. The number of fused-ring (bicyclic) bond motifs is 2. The van der Waals surface area contributed by atoms with Crippen LogP contribution in [0.15, 0.2) is 18.2 Å². The van der Waals surface area contributed by atoms with Gasteiger partial charge in [-0.05, 0) is 31.7 Å². The molecule has 2 saturated heterocycles. The number of halogens is 1. The van der Waals surface area contributed by atoms with Gasteiger partial charge in [-0.25, -0.2) is 4.39 Å². The lowest BCUT2D eigenvalue weighted by atomic mass is 9.97. The van der Waals surface area contributed by atoms with Gasteiger partial charge < -0.3 is 15.1 Å². The molecule has 3 nitrogen and oxygen atoms in total. The average Bonchev–Trinajstić information content (AvgIpc) is 2.61. The van der Waals surface area contributed by atoms with Gasteiger partial charge in [0.1, 0.15) is 5.82 Å². The molecule has 2 unspecified atom stereocenters. The third-order valence-electron chi connectivity index (χ3n) is 4.21. The van der Waals surface area contributed by atoms with E-state index in [0.717, 1.165) is 12.8 Å². The van der Waals surface area contributed by atoms with Gasteiger partial charge in [0.15, 0.2) is 0 Å². The van der Waals surface area contributed by atoms with Crippen LogP contribution in [0.4, 0.5) is 10.1 Å². The predicted octanol–water partition coefficient (Wildman–Crippen LogP) is 1.81. The summed E-state index contributed by atoms with van der Waals surface area (Å²) >= 11 is 0. The molecule has 18 heavy (non-hydrogen) atoms. The maximum absolute atomic E-state index is 14.1. The van der Waals surface area contributed by atoms with E-state index in [4.69, 9.17) is 0 Å². The number of piperidine rings is 1. The molecule has 2 aliphatic rings. The molecule has 98 valence electrons. The van der Waals surface area contributed by atoms with Crippen LogP contribution in [0.1, 0.15) is 31.2 Å². The Balaban J connectivity index is 2.01. The summed E-state index contributed by atoms with van der Waals surface area (Å²) in [6, 6.07) is 5.26. The van der Waals surface area contributed by atoms with Gasteiger partial charge in [0.05, 0.1) is 18.4 Å². The number of hydrogen-bond acceptors (Lipinski definition) is 3. The van der Waals surface area contributed by atoms with Crippen LogP contribution in [0.5, 0.6) is 0 Å². The van der Waals surface area contributed by atoms with Crippen molar-refractivity contribution < 1.29 is 14.6 Å². The molecule has 2 fully saturated rings. The van der Waals surface area contributed by atoms with E-state index in [1.807, 2.05) is 0 Å². The summed E-state index contributed by atoms with van der Waals surface area (Å²) in [6.07, 6.45) is 3.15. The number of aliphatic hydroxyl groups is 2. The number of para-hydroxylation sites is 1. The molecule has 2 heterocycles. The Bertz CT molecular complexity index is 437. The molecule has 2 aliphatic heterocycles. The molecule has 2 N–H and O–H groups in total. The Kier molecular flexibility index (Phi) is 2.99. The number of aliphatic hydroxyl groups excluding tert-OH is 2. The third kappa shape index (κ3) is 1.80. The highest BCUT2D eigenvalue weighted by Crippen LogP contribution is 2.41. The summed E-state index contributed by atoms with van der Waals surface area (Å²) in [5, 5.41) is 19.2. The summed E-state index contributed by atoms with van der Waals surface area (Å²) in [6.45, 7) is -0.147. The molecule has 3 rings (SSSR count). The normalized spacial score (nSPS) is 30.8. The van der Waals surface area contributed by atoms with Crippen LogP contribution in [0.25, 0.3) is 0 Å². The van der Waals surface area contributed by atoms with Crippen molar-refractivity contribution in [3.63, 3.8) is 0 Å². The maximum atomic E-state index is 14.1. The summed E-state index contributed by atoms with van der Waals surface area (Å²) in [7, 11) is 0. The molecule has 2 bridgehead atoms. The van der Waals surface area contributed by atoms with E-state index in [1.54, 1.807) is 12.1 Å². The number of nitrogens with zero attached hydrogens (tertiary/aromatic N) is 1. The van der Waals surface area contributed by atoms with Crippen LogP contribution >= 0.6 is 0 Å². The van der Waals surface area contributed by atoms with Crippen molar-refractivity contribution in [2.24, 2.45) is 0 Å². The lowest BCUT2D eigenvalue weighted by molar-refractivity contribution is 0.126. The molecule has 0 aliphatic carbocycles. The summed E-state index contributed by atoms with van der Waals surface area (Å²) in [5.41, 5.74) is 1.18. The smallest absolute Gasteiger partial charge is 0.146 e. The first-order chi connectivity index (χ1) is 8.70. The summed E-state index contributed by atoms with van der Waals surface area (Å²) < 4.78 is 14.1. The highest BCUT2D eigenvalue weighted by atomic mass is 19.1. The molecule has 0 aromatic heterocycles. The van der Waals surface area contributed by atoms with Crippen molar-refractivity contribution in [2.45, 2.75) is 50.5 Å². The van der Waals surface area contributed by atoms with Crippen molar-refractivity contribution in [2.75, 3.05) is 4.90 Å². The Morgan fingerprint density at radius 3 is 2.50 bits per heavy atom. The molecule has 1 aromatic rings. The minimum Gasteiger partial charge on any atom is -0.393 e. The van der Waals surface area contributed by atoms with Gasteiger partial charge in [0.25, 0.3) is 0 Å². The Labute approximate surface area is 106 Å². The molecular weight excluding hydrogens is 233 g/mol. The van der Waals surface area contributed by atoms with Crippen molar-refractivity contribution in [1.82, 2.24) is 0 Å². The van der Waals surface area contributed by atoms with E-state index in [0.29, 0.717) is 24.1 Å². The third-order valence-corrected chi connectivity index (χ3v) is 4.21. The first kappa shape index (κ1) is 11.9. The van der Waals surface area contributed by atoms with E-state index in [2.05, 4.69) is 4.90 Å². The van der Waals surface area contributed by atoms with Crippen LogP contribution in [0, 0.1) is 5.82 Å². The Morgan fingerprint density at radius 1 is 1.22 bits per heavy atom. The number of rotatable bonds is 2. The lowest BCUT2D eigenvalue weighted by Crippen LogP contribution is -2.45. The van der Waals surface area contributed by atoms with Gasteiger partial charge in [-0.3, -0.25) is 0 Å². The Morgan fingerprint density at radius 2 is 1.89 bits per heavy atom. The second-order valence-corrected chi connectivity index (χ2v) is 5.32. The zero-order chi connectivity index (χ0) is 12.7. The van der Waals surface area contributed by atoms with Crippen LogP contribution in [-0.4, -0.2) is 28.4 Å². The molecule has 1 aromatic carbocycles. The topological polar surface area (TPSA) is 43.7 Å². The van der Waals surface area contributed by atoms with E-state index in [-0.39, 0.29) is 30.6 Å². The highest BCUT2D eigenvalue weighted by molar-refractivity contribution is 5.57. The fraction of sp³-hybridized carbons (Fsp3) is 0.571. The molecular formula is C14H18FNO2. The van der Waals surface area contributed by atoms with Gasteiger partial charge in [-0.15, -0.1) is 0 Å². The fourth-order valence-electron chi connectivity index (χ4n) is 3.49. The zero-order valence-electron chi connectivity index (χ0n) is 10.2. The Hall–Kier alpha value is -1.13. The van der Waals surface area contributed by atoms with Crippen molar-refractivity contribution in [3.05, 3.63) is 29.6 Å².